The van der Waals surface area contributed by atoms with Crippen LogP contribution in [0.15, 0.2) is 60.0 Å². The van der Waals surface area contributed by atoms with Crippen molar-refractivity contribution in [2.24, 2.45) is 0 Å². The number of halogens is 2. The summed E-state index contributed by atoms with van der Waals surface area (Å²) in [7, 11) is 3.87. The van der Waals surface area contributed by atoms with Crippen molar-refractivity contribution in [3.05, 3.63) is 77.6 Å². The van der Waals surface area contributed by atoms with Crippen molar-refractivity contribution in [3.8, 4) is 0 Å². The van der Waals surface area contributed by atoms with Gasteiger partial charge in [-0.25, -0.2) is 18.4 Å². The molecule has 0 saturated heterocycles. The molecule has 0 amide bonds. The van der Waals surface area contributed by atoms with Crippen molar-refractivity contribution in [2.45, 2.75) is 30.2 Å². The molecule has 1 aromatic heterocycles. The molecule has 0 unspecified atom stereocenters. The summed E-state index contributed by atoms with van der Waals surface area (Å²) >= 11 is 0. The first-order valence-electron chi connectivity index (χ1n) is 8.59. The summed E-state index contributed by atoms with van der Waals surface area (Å²) < 4.78 is 28.6. The Morgan fingerprint density at radius 2 is 1.59 bits per heavy atom. The van der Waals surface area contributed by atoms with Gasteiger partial charge < -0.3 is 0 Å². The van der Waals surface area contributed by atoms with Crippen LogP contribution in [0.25, 0.3) is 0 Å². The van der Waals surface area contributed by atoms with E-state index in [1.165, 1.54) is 24.3 Å². The number of benzene rings is 2. The summed E-state index contributed by atoms with van der Waals surface area (Å²) in [4.78, 5) is 4.33. The number of hydrogen-bond acceptors (Lipinski definition) is 4. The topological polar surface area (TPSA) is 30.7 Å². The van der Waals surface area contributed by atoms with E-state index in [1.807, 2.05) is 4.68 Å². The van der Waals surface area contributed by atoms with E-state index < -0.39 is 0 Å². The van der Waals surface area contributed by atoms with Crippen molar-refractivity contribution in [2.75, 3.05) is 5.75 Å². The van der Waals surface area contributed by atoms with E-state index in [2.05, 4.69) is 17.0 Å². The molecule has 140 valence electrons. The highest BCUT2D eigenvalue weighted by atomic mass is 33.1. The van der Waals surface area contributed by atoms with Crippen molar-refractivity contribution in [3.63, 3.8) is 0 Å². The summed E-state index contributed by atoms with van der Waals surface area (Å²) in [5, 5.41) is 5.23. The van der Waals surface area contributed by atoms with Crippen molar-refractivity contribution in [1.82, 2.24) is 14.8 Å². The van der Waals surface area contributed by atoms with Gasteiger partial charge in [0.25, 0.3) is 0 Å². The SMILES string of the molecule is CCCSSc1ncnn1C[Si]C(c1ccc(F)cc1)c1ccc(F)cc1. The molecule has 0 aliphatic heterocycles. The van der Waals surface area contributed by atoms with Crippen LogP contribution in [0, 0.1) is 11.6 Å². The minimum Gasteiger partial charge on any atom is -0.244 e. The molecule has 0 bridgehead atoms. The highest BCUT2D eigenvalue weighted by Gasteiger charge is 2.17. The van der Waals surface area contributed by atoms with Gasteiger partial charge in [-0.05, 0) is 52.6 Å². The molecule has 3 nitrogen and oxygen atoms in total. The van der Waals surface area contributed by atoms with Crippen LogP contribution in [0.4, 0.5) is 8.78 Å². The van der Waals surface area contributed by atoms with Crippen LogP contribution in [0.5, 0.6) is 0 Å². The Hall–Kier alpha value is -1.64. The molecule has 2 radical (unpaired) electrons. The van der Waals surface area contributed by atoms with Crippen LogP contribution in [-0.2, 0) is 6.17 Å². The lowest BCUT2D eigenvalue weighted by Crippen LogP contribution is -2.18. The number of nitrogens with zero attached hydrogens (tertiary/aromatic N) is 3. The second-order valence-electron chi connectivity index (χ2n) is 5.85. The third-order valence-electron chi connectivity index (χ3n) is 3.85. The second kappa shape index (κ2) is 10.1. The van der Waals surface area contributed by atoms with E-state index >= 15 is 0 Å². The number of rotatable bonds is 9. The molecular weight excluding hydrogens is 400 g/mol. The number of hydrogen-bond donors (Lipinski definition) is 0. The fourth-order valence-electron chi connectivity index (χ4n) is 2.52. The second-order valence-corrected chi connectivity index (χ2v) is 9.53. The molecule has 0 N–H and O–H groups in total. The molecule has 3 rings (SSSR count). The largest absolute Gasteiger partial charge is 0.244 e. The smallest absolute Gasteiger partial charge is 0.196 e. The first kappa shape index (κ1) is 20.1. The molecule has 0 saturated carbocycles. The molecule has 0 aliphatic carbocycles. The zero-order chi connectivity index (χ0) is 19.1. The molecule has 0 fully saturated rings. The molecule has 27 heavy (non-hydrogen) atoms. The van der Waals surface area contributed by atoms with Gasteiger partial charge in [0, 0.05) is 17.5 Å². The van der Waals surface area contributed by atoms with E-state index in [-0.39, 0.29) is 17.2 Å². The summed E-state index contributed by atoms with van der Waals surface area (Å²) in [5.41, 5.74) is 2.07. The Labute approximate surface area is 168 Å². The van der Waals surface area contributed by atoms with E-state index in [1.54, 1.807) is 52.2 Å². The normalized spacial score (nSPS) is 11.3. The maximum atomic E-state index is 13.3. The maximum Gasteiger partial charge on any atom is 0.196 e. The zero-order valence-corrected chi connectivity index (χ0v) is 17.4. The Morgan fingerprint density at radius 3 is 2.15 bits per heavy atom. The summed E-state index contributed by atoms with van der Waals surface area (Å²) in [6.45, 7) is 2.15. The van der Waals surface area contributed by atoms with E-state index in [9.17, 15) is 8.78 Å². The van der Waals surface area contributed by atoms with Gasteiger partial charge in [0.1, 0.15) is 18.0 Å². The van der Waals surface area contributed by atoms with Crippen molar-refractivity contribution in [1.29, 1.82) is 0 Å². The van der Waals surface area contributed by atoms with Gasteiger partial charge in [-0.15, -0.1) is 0 Å². The molecule has 8 heteroatoms. The molecule has 0 aliphatic rings. The molecule has 2 aromatic carbocycles. The molecule has 1 heterocycles. The number of aromatic nitrogens is 3. The monoisotopic (exact) mass is 419 g/mol. The maximum absolute atomic E-state index is 13.3. The third kappa shape index (κ3) is 5.67. The van der Waals surface area contributed by atoms with E-state index in [0.717, 1.165) is 28.5 Å². The standard InChI is InChI=1S/C19H19F2N3S2Si/c1-2-11-25-26-19-22-12-23-24(19)13-27-18(14-3-7-16(20)8-4-14)15-5-9-17(21)10-6-15/h3-10,12,18H,2,11,13H2,1H3. The van der Waals surface area contributed by atoms with Crippen LogP contribution >= 0.6 is 21.6 Å². The Morgan fingerprint density at radius 1 is 1.00 bits per heavy atom. The van der Waals surface area contributed by atoms with Crippen LogP contribution in [0.1, 0.15) is 30.0 Å². The van der Waals surface area contributed by atoms with E-state index in [0.29, 0.717) is 15.7 Å². The lowest BCUT2D eigenvalue weighted by Gasteiger charge is -2.18. The Kier molecular flexibility index (Phi) is 7.48. The fraction of sp³-hybridized carbons (Fsp3) is 0.263. The van der Waals surface area contributed by atoms with E-state index in [4.69, 9.17) is 0 Å². The summed E-state index contributed by atoms with van der Waals surface area (Å²) in [6, 6.07) is 13.1. The highest BCUT2D eigenvalue weighted by molar-refractivity contribution is 8.76. The first-order valence-corrected chi connectivity index (χ1v) is 12.2. The fourth-order valence-corrected chi connectivity index (χ4v) is 6.18. The Balaban J connectivity index is 1.77. The van der Waals surface area contributed by atoms with Gasteiger partial charge in [-0.2, -0.15) is 5.10 Å². The van der Waals surface area contributed by atoms with Gasteiger partial charge in [0.15, 0.2) is 5.16 Å². The van der Waals surface area contributed by atoms with Gasteiger partial charge in [-0.3, -0.25) is 0 Å². The van der Waals surface area contributed by atoms with Crippen molar-refractivity contribution < 1.29 is 8.78 Å². The minimum atomic E-state index is -0.261. The van der Waals surface area contributed by atoms with Gasteiger partial charge in [-0.1, -0.05) is 42.0 Å². The first-order chi connectivity index (χ1) is 13.2. The molecule has 3 aromatic rings. The molecule has 0 spiro atoms. The van der Waals surface area contributed by atoms with Gasteiger partial charge in [0.2, 0.25) is 0 Å². The van der Waals surface area contributed by atoms with Crippen LogP contribution in [-0.4, -0.2) is 30.0 Å². The summed E-state index contributed by atoms with van der Waals surface area (Å²) in [6.07, 6.45) is 3.39. The van der Waals surface area contributed by atoms with Gasteiger partial charge in [0.05, 0.1) is 9.52 Å². The lowest BCUT2D eigenvalue weighted by molar-refractivity contribution is 0.626. The van der Waals surface area contributed by atoms with Crippen LogP contribution < -0.4 is 0 Å². The van der Waals surface area contributed by atoms with Crippen molar-refractivity contribution >= 4 is 31.1 Å². The van der Waals surface area contributed by atoms with Crippen LogP contribution in [0.2, 0.25) is 0 Å². The quantitative estimate of drug-likeness (QED) is 0.272. The summed E-state index contributed by atoms with van der Waals surface area (Å²) in [5.74, 6) is 0.541. The molecule has 0 atom stereocenters. The highest BCUT2D eigenvalue weighted by Crippen LogP contribution is 2.30. The zero-order valence-electron chi connectivity index (χ0n) is 14.8. The van der Waals surface area contributed by atoms with Gasteiger partial charge >= 0.3 is 0 Å². The average molecular weight is 420 g/mol. The predicted molar refractivity (Wildman–Crippen MR) is 109 cm³/mol. The predicted octanol–water partition coefficient (Wildman–Crippen LogP) is 5.16. The minimum absolute atomic E-state index is 0.0524. The Bertz CT molecular complexity index is 795. The van der Waals surface area contributed by atoms with Crippen LogP contribution in [0.3, 0.4) is 0 Å². The average Bonchev–Trinajstić information content (AvgIpc) is 3.12. The molecular formula is C19H19F2N3S2Si. The lowest BCUT2D eigenvalue weighted by atomic mass is 10.0. The third-order valence-corrected chi connectivity index (χ3v) is 7.87.